The molecule has 0 radical (unpaired) electrons. The average molecular weight is 566 g/mol. The van der Waals surface area contributed by atoms with Gasteiger partial charge >= 0.3 is 0 Å². The second kappa shape index (κ2) is 11.8. The molecule has 0 aromatic heterocycles. The Balaban J connectivity index is 1.97. The van der Waals surface area contributed by atoms with Gasteiger partial charge in [-0.3, -0.25) is 9.10 Å². The Kier molecular flexibility index (Phi) is 8.97. The third kappa shape index (κ3) is 6.79. The smallest absolute Gasteiger partial charge is 0.264 e. The molecule has 38 heavy (non-hydrogen) atoms. The molecular formula is C25H28FN3O7S2. The molecule has 1 amide bonds. The SMILES string of the molecule is COc1ccc(S(=O)(=O)N(CC(=O)Nc2cc(S(=O)(=O)NC(C)C)ccc2OC)c2ccc(F)cc2)cc1. The van der Waals surface area contributed by atoms with E-state index in [1.807, 2.05) is 0 Å². The molecule has 0 saturated heterocycles. The number of halogens is 1. The lowest BCUT2D eigenvalue weighted by Gasteiger charge is -2.24. The van der Waals surface area contributed by atoms with Crippen molar-refractivity contribution >= 4 is 37.3 Å². The van der Waals surface area contributed by atoms with Crippen LogP contribution in [0.5, 0.6) is 11.5 Å². The molecule has 0 aliphatic carbocycles. The maximum Gasteiger partial charge on any atom is 0.264 e. The van der Waals surface area contributed by atoms with Crippen LogP contribution in [0.2, 0.25) is 0 Å². The van der Waals surface area contributed by atoms with E-state index in [0.717, 1.165) is 16.4 Å². The highest BCUT2D eigenvalue weighted by molar-refractivity contribution is 7.92. The Bertz CT molecular complexity index is 1490. The molecule has 0 fully saturated rings. The maximum absolute atomic E-state index is 13.6. The van der Waals surface area contributed by atoms with E-state index in [-0.39, 0.29) is 33.0 Å². The van der Waals surface area contributed by atoms with Crippen LogP contribution in [-0.4, -0.2) is 49.5 Å². The number of hydrogen-bond donors (Lipinski definition) is 2. The fraction of sp³-hybridized carbons (Fsp3) is 0.240. The number of benzene rings is 3. The summed E-state index contributed by atoms with van der Waals surface area (Å²) < 4.78 is 79.4. The van der Waals surface area contributed by atoms with Crippen molar-refractivity contribution in [3.63, 3.8) is 0 Å². The molecule has 204 valence electrons. The van der Waals surface area contributed by atoms with Crippen LogP contribution in [0.3, 0.4) is 0 Å². The molecule has 13 heteroatoms. The first-order chi connectivity index (χ1) is 17.9. The van der Waals surface area contributed by atoms with Crippen molar-refractivity contribution in [1.29, 1.82) is 0 Å². The number of carbonyl (C=O) groups excluding carboxylic acids is 1. The summed E-state index contributed by atoms with van der Waals surface area (Å²) in [5.41, 5.74) is 0.0619. The first-order valence-corrected chi connectivity index (χ1v) is 14.2. The first kappa shape index (κ1) is 28.9. The molecule has 0 aliphatic rings. The van der Waals surface area contributed by atoms with Crippen LogP contribution >= 0.6 is 0 Å². The fourth-order valence-corrected chi connectivity index (χ4v) is 6.15. The molecule has 3 aromatic carbocycles. The summed E-state index contributed by atoms with van der Waals surface area (Å²) in [5, 5.41) is 2.52. The van der Waals surface area contributed by atoms with Crippen molar-refractivity contribution in [3.8, 4) is 11.5 Å². The number of nitrogens with zero attached hydrogens (tertiary/aromatic N) is 1. The normalized spacial score (nSPS) is 11.7. The van der Waals surface area contributed by atoms with Crippen molar-refractivity contribution in [2.45, 2.75) is 29.7 Å². The van der Waals surface area contributed by atoms with Crippen LogP contribution in [0.15, 0.2) is 76.5 Å². The highest BCUT2D eigenvalue weighted by Crippen LogP contribution is 2.29. The van der Waals surface area contributed by atoms with E-state index in [9.17, 15) is 26.0 Å². The molecule has 0 atom stereocenters. The van der Waals surface area contributed by atoms with Crippen LogP contribution in [0, 0.1) is 5.82 Å². The predicted molar refractivity (Wildman–Crippen MR) is 141 cm³/mol. The topological polar surface area (TPSA) is 131 Å². The number of ether oxygens (including phenoxy) is 2. The number of hydrogen-bond acceptors (Lipinski definition) is 7. The van der Waals surface area contributed by atoms with Crippen molar-refractivity contribution in [1.82, 2.24) is 4.72 Å². The zero-order chi connectivity index (χ0) is 28.1. The number of amides is 1. The van der Waals surface area contributed by atoms with E-state index in [1.54, 1.807) is 13.8 Å². The maximum atomic E-state index is 13.6. The molecule has 0 saturated carbocycles. The molecule has 10 nitrogen and oxygen atoms in total. The molecule has 3 rings (SSSR count). The lowest BCUT2D eigenvalue weighted by atomic mass is 10.3. The Morgan fingerprint density at radius 3 is 2.05 bits per heavy atom. The van der Waals surface area contributed by atoms with Gasteiger partial charge in [0.25, 0.3) is 10.0 Å². The predicted octanol–water partition coefficient (Wildman–Crippen LogP) is 3.36. The summed E-state index contributed by atoms with van der Waals surface area (Å²) in [4.78, 5) is 12.9. The van der Waals surface area contributed by atoms with Gasteiger partial charge in [0, 0.05) is 6.04 Å². The zero-order valence-corrected chi connectivity index (χ0v) is 22.8. The van der Waals surface area contributed by atoms with Crippen molar-refractivity contribution < 1.29 is 35.5 Å². The Morgan fingerprint density at radius 1 is 0.895 bits per heavy atom. The third-order valence-electron chi connectivity index (χ3n) is 5.20. The number of anilines is 2. The van der Waals surface area contributed by atoms with Gasteiger partial charge in [-0.25, -0.2) is 25.9 Å². The van der Waals surface area contributed by atoms with Crippen LogP contribution in [0.1, 0.15) is 13.8 Å². The highest BCUT2D eigenvalue weighted by atomic mass is 32.2. The van der Waals surface area contributed by atoms with Crippen LogP contribution < -0.4 is 23.8 Å². The quantitative estimate of drug-likeness (QED) is 0.365. The van der Waals surface area contributed by atoms with Gasteiger partial charge in [0.2, 0.25) is 15.9 Å². The number of nitrogens with one attached hydrogen (secondary N) is 2. The minimum absolute atomic E-state index is 0.0185. The summed E-state index contributed by atoms with van der Waals surface area (Å²) in [6.45, 7) is 2.62. The monoisotopic (exact) mass is 565 g/mol. The zero-order valence-electron chi connectivity index (χ0n) is 21.1. The Labute approximate surface area is 221 Å². The summed E-state index contributed by atoms with van der Waals surface area (Å²) in [7, 11) is -5.40. The number of methoxy groups -OCH3 is 2. The minimum Gasteiger partial charge on any atom is -0.497 e. The van der Waals surface area contributed by atoms with Crippen molar-refractivity contribution in [2.75, 3.05) is 30.4 Å². The van der Waals surface area contributed by atoms with E-state index >= 15 is 0 Å². The molecule has 0 bridgehead atoms. The standard InChI is InChI=1S/C25H28FN3O7S2/c1-17(2)28-37(31,32)22-13-14-24(36-4)23(15-22)27-25(30)16-29(19-7-5-18(26)6-8-19)38(33,34)21-11-9-20(35-3)10-12-21/h5-15,17,28H,16H2,1-4H3,(H,27,30). The van der Waals surface area contributed by atoms with Gasteiger partial charge in [0.05, 0.1) is 35.4 Å². The van der Waals surface area contributed by atoms with Crippen LogP contribution in [-0.2, 0) is 24.8 Å². The van der Waals surface area contributed by atoms with Gasteiger partial charge in [-0.2, -0.15) is 0 Å². The molecular weight excluding hydrogens is 537 g/mol. The number of rotatable bonds is 11. The summed E-state index contributed by atoms with van der Waals surface area (Å²) >= 11 is 0. The summed E-state index contributed by atoms with van der Waals surface area (Å²) in [5.74, 6) is -0.786. The molecule has 0 spiro atoms. The fourth-order valence-electron chi connectivity index (χ4n) is 3.45. The highest BCUT2D eigenvalue weighted by Gasteiger charge is 2.28. The van der Waals surface area contributed by atoms with Gasteiger partial charge in [-0.05, 0) is 80.6 Å². The first-order valence-electron chi connectivity index (χ1n) is 11.3. The van der Waals surface area contributed by atoms with E-state index in [0.29, 0.717) is 5.75 Å². The third-order valence-corrected chi connectivity index (χ3v) is 8.64. The van der Waals surface area contributed by atoms with Crippen molar-refractivity contribution in [3.05, 3.63) is 72.5 Å². The van der Waals surface area contributed by atoms with E-state index < -0.39 is 38.3 Å². The average Bonchev–Trinajstić information content (AvgIpc) is 2.87. The largest absolute Gasteiger partial charge is 0.497 e. The van der Waals surface area contributed by atoms with E-state index in [2.05, 4.69) is 10.0 Å². The summed E-state index contributed by atoms with van der Waals surface area (Å²) in [6.07, 6.45) is 0. The van der Waals surface area contributed by atoms with Gasteiger partial charge < -0.3 is 14.8 Å². The van der Waals surface area contributed by atoms with E-state index in [1.165, 1.54) is 68.8 Å². The van der Waals surface area contributed by atoms with Gasteiger partial charge in [-0.1, -0.05) is 0 Å². The van der Waals surface area contributed by atoms with Gasteiger partial charge in [0.1, 0.15) is 23.9 Å². The molecule has 2 N–H and O–H groups in total. The second-order valence-electron chi connectivity index (χ2n) is 8.35. The van der Waals surface area contributed by atoms with E-state index in [4.69, 9.17) is 9.47 Å². The lowest BCUT2D eigenvalue weighted by molar-refractivity contribution is -0.114. The summed E-state index contributed by atoms with van der Waals surface area (Å²) in [6, 6.07) is 13.7. The molecule has 0 aliphatic heterocycles. The van der Waals surface area contributed by atoms with Gasteiger partial charge in [-0.15, -0.1) is 0 Å². The Morgan fingerprint density at radius 2 is 1.50 bits per heavy atom. The molecule has 3 aromatic rings. The second-order valence-corrected chi connectivity index (χ2v) is 11.9. The lowest BCUT2D eigenvalue weighted by Crippen LogP contribution is -2.38. The van der Waals surface area contributed by atoms with Gasteiger partial charge in [0.15, 0.2) is 0 Å². The van der Waals surface area contributed by atoms with Crippen molar-refractivity contribution in [2.24, 2.45) is 0 Å². The van der Waals surface area contributed by atoms with Crippen LogP contribution in [0.4, 0.5) is 15.8 Å². The Hall–Kier alpha value is -3.68. The molecule has 0 unspecified atom stereocenters. The number of sulfonamides is 2. The minimum atomic E-state index is -4.28. The number of carbonyl (C=O) groups is 1. The molecule has 0 heterocycles. The van der Waals surface area contributed by atoms with Crippen LogP contribution in [0.25, 0.3) is 0 Å².